The van der Waals surface area contributed by atoms with Crippen molar-refractivity contribution >= 4 is 12.0 Å². The van der Waals surface area contributed by atoms with Crippen LogP contribution in [0, 0.1) is 0 Å². The average Bonchev–Trinajstić information content (AvgIpc) is 3.34. The van der Waals surface area contributed by atoms with Crippen molar-refractivity contribution in [2.24, 2.45) is 0 Å². The maximum absolute atomic E-state index is 12.7. The van der Waals surface area contributed by atoms with Gasteiger partial charge in [-0.2, -0.15) is 0 Å². The molecule has 29 heavy (non-hydrogen) atoms. The first-order valence-electron chi connectivity index (χ1n) is 10.2. The molecule has 0 aliphatic carbocycles. The van der Waals surface area contributed by atoms with E-state index < -0.39 is 0 Å². The molecule has 1 fully saturated rings. The van der Waals surface area contributed by atoms with Crippen LogP contribution in [0.15, 0.2) is 48.3 Å². The summed E-state index contributed by atoms with van der Waals surface area (Å²) in [4.78, 5) is 21.1. The first kappa shape index (κ1) is 19.5. The summed E-state index contributed by atoms with van der Waals surface area (Å²) in [5, 5.41) is 0. The molecule has 2 aliphatic heterocycles. The number of hydrogen-bond donors (Lipinski definition) is 0. The molecule has 0 radical (unpaired) electrons. The lowest BCUT2D eigenvalue weighted by Gasteiger charge is -2.19. The van der Waals surface area contributed by atoms with Crippen LogP contribution in [-0.2, 0) is 11.2 Å². The zero-order chi connectivity index (χ0) is 20.1. The van der Waals surface area contributed by atoms with E-state index in [1.165, 1.54) is 5.56 Å². The summed E-state index contributed by atoms with van der Waals surface area (Å²) in [7, 11) is 2.14. The molecule has 152 valence electrons. The number of likely N-dealkylation sites (tertiary alicyclic amines) is 1. The van der Waals surface area contributed by atoms with E-state index in [2.05, 4.69) is 29.1 Å². The number of aromatic nitrogens is 1. The zero-order valence-electron chi connectivity index (χ0n) is 16.8. The largest absolute Gasteiger partial charge is 0.454 e. The molecule has 1 saturated heterocycles. The second kappa shape index (κ2) is 9.09. The van der Waals surface area contributed by atoms with Gasteiger partial charge in [-0.3, -0.25) is 9.78 Å². The Morgan fingerprint density at radius 1 is 1.14 bits per heavy atom. The Morgan fingerprint density at radius 2 is 1.97 bits per heavy atom. The Hall–Kier alpha value is -2.86. The molecule has 1 aromatic heterocycles. The molecule has 6 heteroatoms. The molecule has 3 heterocycles. The van der Waals surface area contributed by atoms with Crippen molar-refractivity contribution in [1.82, 2.24) is 14.8 Å². The third kappa shape index (κ3) is 4.95. The molecule has 0 unspecified atom stereocenters. The van der Waals surface area contributed by atoms with Gasteiger partial charge in [-0.15, -0.1) is 0 Å². The van der Waals surface area contributed by atoms with Crippen LogP contribution >= 0.6 is 0 Å². The summed E-state index contributed by atoms with van der Waals surface area (Å²) < 4.78 is 10.8. The van der Waals surface area contributed by atoms with Crippen molar-refractivity contribution < 1.29 is 14.3 Å². The van der Waals surface area contributed by atoms with Gasteiger partial charge in [0.1, 0.15) is 0 Å². The number of carbonyl (C=O) groups is 1. The van der Waals surface area contributed by atoms with Gasteiger partial charge in [0.2, 0.25) is 12.7 Å². The maximum atomic E-state index is 12.7. The van der Waals surface area contributed by atoms with E-state index in [4.69, 9.17) is 9.47 Å². The second-order valence-electron chi connectivity index (χ2n) is 7.59. The number of carbonyl (C=O) groups excluding carboxylic acids is 1. The molecule has 2 aliphatic rings. The van der Waals surface area contributed by atoms with E-state index in [1.807, 2.05) is 41.6 Å². The smallest absolute Gasteiger partial charge is 0.249 e. The van der Waals surface area contributed by atoms with Crippen molar-refractivity contribution in [3.05, 3.63) is 59.4 Å². The molecule has 1 aromatic carbocycles. The zero-order valence-corrected chi connectivity index (χ0v) is 16.8. The number of hydrogen-bond acceptors (Lipinski definition) is 5. The highest BCUT2D eigenvalue weighted by Crippen LogP contribution is 2.33. The Balaban J connectivity index is 1.23. The number of amides is 1. The lowest BCUT2D eigenvalue weighted by molar-refractivity contribution is -0.124. The predicted octanol–water partition coefficient (Wildman–Crippen LogP) is 2.99. The molecule has 4 rings (SSSR count). The lowest BCUT2D eigenvalue weighted by Crippen LogP contribution is -2.30. The average molecular weight is 393 g/mol. The van der Waals surface area contributed by atoms with Gasteiger partial charge in [0.05, 0.1) is 0 Å². The van der Waals surface area contributed by atoms with E-state index >= 15 is 0 Å². The fraction of sp³-hybridized carbons (Fsp3) is 0.391. The van der Waals surface area contributed by atoms with Gasteiger partial charge in [0.25, 0.3) is 0 Å². The molecule has 1 amide bonds. The highest BCUT2D eigenvalue weighted by molar-refractivity contribution is 5.99. The number of pyridine rings is 1. The van der Waals surface area contributed by atoms with Gasteiger partial charge in [-0.25, -0.2) is 0 Å². The fourth-order valence-corrected chi connectivity index (χ4v) is 3.73. The highest BCUT2D eigenvalue weighted by atomic mass is 16.7. The predicted molar refractivity (Wildman–Crippen MR) is 112 cm³/mol. The minimum absolute atomic E-state index is 0.155. The standard InChI is InChI=1S/C23H27N3O3/c1-25(13-7-18-5-9-24-10-6-18)11-2-12-26-14-8-20(23(26)27)15-19-3-4-21-22(16-19)29-17-28-21/h3-6,9-10,15-16H,2,7-8,11-14,17H2,1H3/b20-15+. The van der Waals surface area contributed by atoms with E-state index in [-0.39, 0.29) is 12.7 Å². The summed E-state index contributed by atoms with van der Waals surface area (Å²) in [5.74, 6) is 1.66. The van der Waals surface area contributed by atoms with Crippen LogP contribution in [0.1, 0.15) is 24.0 Å². The molecule has 2 aromatic rings. The van der Waals surface area contributed by atoms with Crippen molar-refractivity contribution in [2.45, 2.75) is 19.3 Å². The number of likely N-dealkylation sites (N-methyl/N-ethyl adjacent to an activating group) is 1. The van der Waals surface area contributed by atoms with Gasteiger partial charge < -0.3 is 19.3 Å². The van der Waals surface area contributed by atoms with Crippen molar-refractivity contribution in [1.29, 1.82) is 0 Å². The first-order valence-corrected chi connectivity index (χ1v) is 10.2. The van der Waals surface area contributed by atoms with Crippen LogP contribution < -0.4 is 9.47 Å². The van der Waals surface area contributed by atoms with E-state index in [9.17, 15) is 4.79 Å². The van der Waals surface area contributed by atoms with Gasteiger partial charge in [0.15, 0.2) is 11.5 Å². The molecule has 0 atom stereocenters. The Bertz CT molecular complexity index is 882. The van der Waals surface area contributed by atoms with Crippen molar-refractivity contribution in [3.8, 4) is 11.5 Å². The van der Waals surface area contributed by atoms with Gasteiger partial charge in [-0.1, -0.05) is 6.07 Å². The number of ether oxygens (including phenoxy) is 2. The molecule has 0 saturated carbocycles. The minimum Gasteiger partial charge on any atom is -0.454 e. The van der Waals surface area contributed by atoms with Gasteiger partial charge in [0, 0.05) is 37.6 Å². The molecule has 0 spiro atoms. The summed E-state index contributed by atoms with van der Waals surface area (Å²) in [6.45, 7) is 3.86. The quantitative estimate of drug-likeness (QED) is 0.646. The second-order valence-corrected chi connectivity index (χ2v) is 7.59. The molecule has 0 bridgehead atoms. The molecule has 0 N–H and O–H groups in total. The summed E-state index contributed by atoms with van der Waals surface area (Å²) >= 11 is 0. The molecular weight excluding hydrogens is 366 g/mol. The third-order valence-electron chi connectivity index (χ3n) is 5.45. The van der Waals surface area contributed by atoms with Gasteiger partial charge in [-0.05, 0) is 74.3 Å². The lowest BCUT2D eigenvalue weighted by atomic mass is 10.1. The van der Waals surface area contributed by atoms with Crippen molar-refractivity contribution in [3.63, 3.8) is 0 Å². The number of fused-ring (bicyclic) bond motifs is 1. The highest BCUT2D eigenvalue weighted by Gasteiger charge is 2.25. The SMILES string of the molecule is CN(CCCN1CC/C(=C\c2ccc3c(c2)OCO3)C1=O)CCc1ccncc1. The van der Waals surface area contributed by atoms with Crippen LogP contribution in [0.5, 0.6) is 11.5 Å². The normalized spacial score (nSPS) is 17.0. The number of rotatable bonds is 8. The Morgan fingerprint density at radius 3 is 2.83 bits per heavy atom. The summed E-state index contributed by atoms with van der Waals surface area (Å²) in [6, 6.07) is 9.92. The van der Waals surface area contributed by atoms with Crippen LogP contribution in [-0.4, -0.2) is 60.7 Å². The minimum atomic E-state index is 0.155. The van der Waals surface area contributed by atoms with E-state index in [0.717, 1.165) is 68.1 Å². The fourth-order valence-electron chi connectivity index (χ4n) is 3.73. The van der Waals surface area contributed by atoms with Crippen LogP contribution in [0.25, 0.3) is 6.08 Å². The molecular formula is C23H27N3O3. The van der Waals surface area contributed by atoms with E-state index in [1.54, 1.807) is 0 Å². The maximum Gasteiger partial charge on any atom is 0.249 e. The monoisotopic (exact) mass is 393 g/mol. The summed E-state index contributed by atoms with van der Waals surface area (Å²) in [5.41, 5.74) is 3.16. The van der Waals surface area contributed by atoms with Gasteiger partial charge >= 0.3 is 0 Å². The van der Waals surface area contributed by atoms with Crippen LogP contribution in [0.2, 0.25) is 0 Å². The summed E-state index contributed by atoms with van der Waals surface area (Å²) in [6.07, 6.45) is 8.45. The first-order chi connectivity index (χ1) is 14.2. The van der Waals surface area contributed by atoms with Crippen molar-refractivity contribution in [2.75, 3.05) is 40.0 Å². The number of benzene rings is 1. The van der Waals surface area contributed by atoms with Crippen LogP contribution in [0.4, 0.5) is 0 Å². The topological polar surface area (TPSA) is 54.9 Å². The van der Waals surface area contributed by atoms with E-state index in [0.29, 0.717) is 0 Å². The Kier molecular flexibility index (Phi) is 6.10. The third-order valence-corrected chi connectivity index (χ3v) is 5.45. The Labute approximate surface area is 171 Å². The van der Waals surface area contributed by atoms with Crippen LogP contribution in [0.3, 0.4) is 0 Å². The number of nitrogens with zero attached hydrogens (tertiary/aromatic N) is 3. The molecule has 6 nitrogen and oxygen atoms in total.